The number of nitrogens with one attached hydrogen (secondary N) is 2. The highest BCUT2D eigenvalue weighted by atomic mass is 19.1. The van der Waals surface area contributed by atoms with E-state index in [-0.39, 0.29) is 5.82 Å². The molecule has 0 saturated heterocycles. The van der Waals surface area contributed by atoms with E-state index in [0.29, 0.717) is 39.7 Å². The molecule has 0 unspecified atom stereocenters. The number of hydrogen-bond acceptors (Lipinski definition) is 6. The summed E-state index contributed by atoms with van der Waals surface area (Å²) in [6.45, 7) is 0. The topological polar surface area (TPSA) is 105 Å². The van der Waals surface area contributed by atoms with Crippen LogP contribution in [0.15, 0.2) is 67.3 Å². The van der Waals surface area contributed by atoms with Crippen LogP contribution in [-0.2, 0) is 0 Å². The molecule has 0 radical (unpaired) electrons. The van der Waals surface area contributed by atoms with Crippen LogP contribution in [0.2, 0.25) is 0 Å². The summed E-state index contributed by atoms with van der Waals surface area (Å²) in [6.07, 6.45) is 6.77. The van der Waals surface area contributed by atoms with Crippen molar-refractivity contribution < 1.29 is 9.13 Å². The predicted molar refractivity (Wildman–Crippen MR) is 122 cm³/mol. The first-order chi connectivity index (χ1) is 16.2. The fraction of sp³-hybridized carbons (Fsp3) is 0.0417. The van der Waals surface area contributed by atoms with Gasteiger partial charge in [-0.3, -0.25) is 15.1 Å². The van der Waals surface area contributed by atoms with Gasteiger partial charge in [0.2, 0.25) is 0 Å². The molecular formula is C24H16FN7O. The highest BCUT2D eigenvalue weighted by Crippen LogP contribution is 2.32. The van der Waals surface area contributed by atoms with Gasteiger partial charge in [0.05, 0.1) is 24.2 Å². The lowest BCUT2D eigenvalue weighted by Gasteiger charge is -2.04. The van der Waals surface area contributed by atoms with Crippen molar-refractivity contribution in [3.8, 4) is 39.7 Å². The van der Waals surface area contributed by atoms with Crippen LogP contribution in [-0.4, -0.2) is 42.2 Å². The zero-order valence-corrected chi connectivity index (χ0v) is 17.4. The summed E-state index contributed by atoms with van der Waals surface area (Å²) in [7, 11) is 1.60. The van der Waals surface area contributed by atoms with Gasteiger partial charge in [-0.1, -0.05) is 12.1 Å². The quantitative estimate of drug-likeness (QED) is 0.411. The number of aromatic nitrogens is 7. The lowest BCUT2D eigenvalue weighted by Crippen LogP contribution is -1.89. The minimum absolute atomic E-state index is 0.354. The van der Waals surface area contributed by atoms with E-state index in [4.69, 9.17) is 9.72 Å². The number of H-pyrrole nitrogens is 2. The molecule has 0 fully saturated rings. The number of pyridine rings is 3. The Balaban J connectivity index is 1.50. The summed E-state index contributed by atoms with van der Waals surface area (Å²) in [5, 5.41) is 8.17. The monoisotopic (exact) mass is 437 g/mol. The molecule has 0 aliphatic heterocycles. The first-order valence-electron chi connectivity index (χ1n) is 10.1. The van der Waals surface area contributed by atoms with E-state index >= 15 is 0 Å². The molecule has 6 aromatic rings. The minimum Gasteiger partial charge on any atom is -0.495 e. The van der Waals surface area contributed by atoms with Gasteiger partial charge in [0.25, 0.3) is 0 Å². The Morgan fingerprint density at radius 1 is 0.939 bits per heavy atom. The molecular weight excluding hydrogens is 421 g/mol. The number of ether oxygens (including phenoxy) is 1. The molecule has 2 N–H and O–H groups in total. The average Bonchev–Trinajstić information content (AvgIpc) is 3.48. The van der Waals surface area contributed by atoms with Crippen molar-refractivity contribution in [2.75, 3.05) is 7.11 Å². The van der Waals surface area contributed by atoms with Crippen molar-refractivity contribution in [2.24, 2.45) is 0 Å². The third kappa shape index (κ3) is 3.18. The van der Waals surface area contributed by atoms with Crippen molar-refractivity contribution in [2.45, 2.75) is 0 Å². The fourth-order valence-corrected chi connectivity index (χ4v) is 3.83. The predicted octanol–water partition coefficient (Wildman–Crippen LogP) is 4.77. The van der Waals surface area contributed by atoms with Crippen LogP contribution in [0.4, 0.5) is 4.39 Å². The van der Waals surface area contributed by atoms with E-state index in [1.54, 1.807) is 56.2 Å². The zero-order chi connectivity index (χ0) is 22.4. The molecule has 0 spiro atoms. The van der Waals surface area contributed by atoms with Gasteiger partial charge >= 0.3 is 0 Å². The molecule has 1 aromatic carbocycles. The Hall–Kier alpha value is -4.66. The summed E-state index contributed by atoms with van der Waals surface area (Å²) in [5.74, 6) is 0.836. The summed E-state index contributed by atoms with van der Waals surface area (Å²) in [4.78, 5) is 21.1. The molecule has 5 heterocycles. The van der Waals surface area contributed by atoms with E-state index in [2.05, 4.69) is 30.1 Å². The van der Waals surface area contributed by atoms with Gasteiger partial charge in [0, 0.05) is 35.3 Å². The molecule has 0 bridgehead atoms. The Labute approximate surface area is 186 Å². The normalized spacial score (nSPS) is 11.3. The van der Waals surface area contributed by atoms with Crippen LogP contribution in [0.3, 0.4) is 0 Å². The van der Waals surface area contributed by atoms with Gasteiger partial charge in [0.1, 0.15) is 28.5 Å². The van der Waals surface area contributed by atoms with Crippen molar-refractivity contribution in [3.05, 3.63) is 73.1 Å². The van der Waals surface area contributed by atoms with Gasteiger partial charge in [-0.05, 0) is 30.3 Å². The first-order valence-corrected chi connectivity index (χ1v) is 10.1. The highest BCUT2D eigenvalue weighted by molar-refractivity contribution is 5.96. The zero-order valence-electron chi connectivity index (χ0n) is 17.4. The molecule has 0 saturated carbocycles. The lowest BCUT2D eigenvalue weighted by atomic mass is 10.1. The molecule has 0 aliphatic carbocycles. The average molecular weight is 437 g/mol. The standard InChI is InChI=1S/C24H16FN7O/c1-33-15-8-13(10-26-12-15)14-9-17-21(31-32-23(17)28-11-14)24-29-19-6-7-27-20(22(19)30-24)16-4-2-3-5-18(16)25/h2-12H,1H3,(H,29,30)(H,28,31,32). The first kappa shape index (κ1) is 19.1. The fourth-order valence-electron chi connectivity index (χ4n) is 3.83. The molecule has 5 aromatic heterocycles. The number of hydrogen-bond donors (Lipinski definition) is 2. The Kier molecular flexibility index (Phi) is 4.32. The molecule has 33 heavy (non-hydrogen) atoms. The second-order valence-corrected chi connectivity index (χ2v) is 7.43. The smallest absolute Gasteiger partial charge is 0.159 e. The second kappa shape index (κ2) is 7.49. The van der Waals surface area contributed by atoms with Gasteiger partial charge in [-0.25, -0.2) is 14.4 Å². The van der Waals surface area contributed by atoms with Gasteiger partial charge < -0.3 is 9.72 Å². The molecule has 0 atom stereocenters. The SMILES string of the molecule is COc1cncc(-c2cnc3[nH]nc(-c4nc5c(-c6ccccc6F)nccc5[nH]4)c3c2)c1. The van der Waals surface area contributed by atoms with Crippen molar-refractivity contribution >= 4 is 22.1 Å². The summed E-state index contributed by atoms with van der Waals surface area (Å²) in [6, 6.07) is 12.2. The van der Waals surface area contributed by atoms with Crippen molar-refractivity contribution in [1.29, 1.82) is 0 Å². The summed E-state index contributed by atoms with van der Waals surface area (Å²) in [5.41, 5.74) is 5.11. The van der Waals surface area contributed by atoms with Crippen molar-refractivity contribution in [1.82, 2.24) is 35.1 Å². The molecule has 6 rings (SSSR count). The lowest BCUT2D eigenvalue weighted by molar-refractivity contribution is 0.413. The Morgan fingerprint density at radius 3 is 2.70 bits per heavy atom. The number of aromatic amines is 2. The van der Waals surface area contributed by atoms with Crippen molar-refractivity contribution in [3.63, 3.8) is 0 Å². The number of rotatable bonds is 4. The van der Waals surface area contributed by atoms with Crippen LogP contribution in [0, 0.1) is 5.82 Å². The second-order valence-electron chi connectivity index (χ2n) is 7.43. The van der Waals surface area contributed by atoms with Crippen LogP contribution in [0.1, 0.15) is 0 Å². The molecule has 0 aliphatic rings. The van der Waals surface area contributed by atoms with E-state index in [9.17, 15) is 4.39 Å². The highest BCUT2D eigenvalue weighted by Gasteiger charge is 2.18. The third-order valence-electron chi connectivity index (χ3n) is 5.45. The third-order valence-corrected chi connectivity index (χ3v) is 5.45. The number of imidazole rings is 1. The number of halogens is 1. The summed E-state index contributed by atoms with van der Waals surface area (Å²) >= 11 is 0. The van der Waals surface area contributed by atoms with Crippen LogP contribution in [0.25, 0.3) is 56.0 Å². The Bertz CT molecular complexity index is 1640. The molecule has 9 heteroatoms. The number of methoxy groups -OCH3 is 1. The maximum absolute atomic E-state index is 14.4. The van der Waals surface area contributed by atoms with Crippen LogP contribution < -0.4 is 4.74 Å². The Morgan fingerprint density at radius 2 is 1.82 bits per heavy atom. The molecule has 8 nitrogen and oxygen atoms in total. The van der Waals surface area contributed by atoms with Crippen LogP contribution >= 0.6 is 0 Å². The van der Waals surface area contributed by atoms with Gasteiger partial charge in [-0.15, -0.1) is 0 Å². The largest absolute Gasteiger partial charge is 0.495 e. The molecule has 160 valence electrons. The molecule has 0 amide bonds. The maximum atomic E-state index is 14.4. The van der Waals surface area contributed by atoms with Gasteiger partial charge in [0.15, 0.2) is 11.5 Å². The number of nitrogens with zero attached hydrogens (tertiary/aromatic N) is 5. The van der Waals surface area contributed by atoms with E-state index in [0.717, 1.165) is 22.0 Å². The van der Waals surface area contributed by atoms with Gasteiger partial charge in [-0.2, -0.15) is 5.10 Å². The minimum atomic E-state index is -0.354. The number of benzene rings is 1. The maximum Gasteiger partial charge on any atom is 0.159 e. The summed E-state index contributed by atoms with van der Waals surface area (Å²) < 4.78 is 19.7. The van der Waals surface area contributed by atoms with E-state index in [1.807, 2.05) is 12.1 Å². The van der Waals surface area contributed by atoms with E-state index < -0.39 is 0 Å². The number of fused-ring (bicyclic) bond motifs is 2. The van der Waals surface area contributed by atoms with Crippen LogP contribution in [0.5, 0.6) is 5.75 Å². The van der Waals surface area contributed by atoms with E-state index in [1.165, 1.54) is 6.07 Å².